The molecule has 0 aliphatic heterocycles. The van der Waals surface area contributed by atoms with Crippen molar-refractivity contribution in [2.45, 2.75) is 69.8 Å². The number of hydrogen-bond donors (Lipinski definition) is 1. The van der Waals surface area contributed by atoms with Gasteiger partial charge in [0.2, 0.25) is 0 Å². The summed E-state index contributed by atoms with van der Waals surface area (Å²) >= 11 is 12.6. The van der Waals surface area contributed by atoms with E-state index in [1.165, 1.54) is 6.07 Å². The summed E-state index contributed by atoms with van der Waals surface area (Å²) in [7, 11) is 0. The van der Waals surface area contributed by atoms with Crippen molar-refractivity contribution in [1.29, 1.82) is 0 Å². The lowest BCUT2D eigenvalue weighted by atomic mass is 9.83. The predicted octanol–water partition coefficient (Wildman–Crippen LogP) is 9.78. The summed E-state index contributed by atoms with van der Waals surface area (Å²) in [6, 6.07) is 5.16. The van der Waals surface area contributed by atoms with E-state index < -0.39 is 47.0 Å². The minimum atomic E-state index is -4.90. The first-order chi connectivity index (χ1) is 18.2. The molecule has 1 aromatic heterocycles. The summed E-state index contributed by atoms with van der Waals surface area (Å²) in [6.45, 7) is 1.73. The van der Waals surface area contributed by atoms with Crippen LogP contribution in [0.2, 0.25) is 10.0 Å². The van der Waals surface area contributed by atoms with Crippen LogP contribution in [0.15, 0.2) is 42.6 Å². The fourth-order valence-electron chi connectivity index (χ4n) is 5.56. The number of halogens is 8. The van der Waals surface area contributed by atoms with Crippen LogP contribution in [0.25, 0.3) is 11.1 Å². The zero-order valence-corrected chi connectivity index (χ0v) is 22.3. The second-order valence-electron chi connectivity index (χ2n) is 9.73. The molecule has 0 saturated heterocycles. The van der Waals surface area contributed by atoms with Crippen molar-refractivity contribution >= 4 is 29.2 Å². The number of rotatable bonds is 7. The van der Waals surface area contributed by atoms with Crippen molar-refractivity contribution in [1.82, 2.24) is 4.57 Å². The minimum Gasteiger partial charge on any atom is -0.481 e. The first kappa shape index (κ1) is 29.3. The van der Waals surface area contributed by atoms with Crippen LogP contribution in [0.3, 0.4) is 0 Å². The number of carboxylic acids is 1. The molecule has 4 rings (SSSR count). The van der Waals surface area contributed by atoms with Gasteiger partial charge < -0.3 is 9.67 Å². The molecule has 0 saturated carbocycles. The zero-order chi connectivity index (χ0) is 28.7. The first-order valence-corrected chi connectivity index (χ1v) is 13.2. The van der Waals surface area contributed by atoms with E-state index in [0.29, 0.717) is 70.7 Å². The summed E-state index contributed by atoms with van der Waals surface area (Å²) < 4.78 is 84.9. The molecule has 0 amide bonds. The highest BCUT2D eigenvalue weighted by atomic mass is 35.5. The fraction of sp³-hybridized carbons (Fsp3) is 0.393. The normalized spacial score (nSPS) is 16.7. The van der Waals surface area contributed by atoms with Crippen LogP contribution in [-0.2, 0) is 23.6 Å². The number of carbonyl (C=O) groups is 1. The third-order valence-electron chi connectivity index (χ3n) is 7.13. The minimum absolute atomic E-state index is 0.0963. The molecule has 0 fully saturated rings. The third kappa shape index (κ3) is 6.09. The summed E-state index contributed by atoms with van der Waals surface area (Å²) in [4.78, 5) is 11.7. The molecule has 1 heterocycles. The van der Waals surface area contributed by atoms with Gasteiger partial charge in [-0.25, -0.2) is 0 Å². The number of carboxylic acid groups (broad SMARTS) is 1. The van der Waals surface area contributed by atoms with Gasteiger partial charge in [-0.15, -0.1) is 0 Å². The molecular weight excluding hydrogens is 567 g/mol. The van der Waals surface area contributed by atoms with E-state index in [9.17, 15) is 36.2 Å². The van der Waals surface area contributed by atoms with E-state index in [1.54, 1.807) is 29.8 Å². The van der Waals surface area contributed by atoms with E-state index in [1.807, 2.05) is 0 Å². The maximum Gasteiger partial charge on any atom is 0.416 e. The lowest BCUT2D eigenvalue weighted by Crippen LogP contribution is -2.23. The Hall–Kier alpha value is -2.65. The van der Waals surface area contributed by atoms with E-state index in [0.717, 1.165) is 5.56 Å². The predicted molar refractivity (Wildman–Crippen MR) is 137 cm³/mol. The summed E-state index contributed by atoms with van der Waals surface area (Å²) in [5.74, 6) is -1.61. The zero-order valence-electron chi connectivity index (χ0n) is 20.8. The van der Waals surface area contributed by atoms with Gasteiger partial charge in [0.15, 0.2) is 0 Å². The van der Waals surface area contributed by atoms with Crippen molar-refractivity contribution in [3.8, 4) is 11.1 Å². The highest BCUT2D eigenvalue weighted by Crippen LogP contribution is 2.47. The highest BCUT2D eigenvalue weighted by Gasteiger charge is 2.40. The lowest BCUT2D eigenvalue weighted by molar-refractivity contribution is -0.142. The van der Waals surface area contributed by atoms with Crippen LogP contribution in [0.5, 0.6) is 0 Å². The topological polar surface area (TPSA) is 42.2 Å². The molecule has 0 spiro atoms. The van der Waals surface area contributed by atoms with Crippen LogP contribution < -0.4 is 0 Å². The van der Waals surface area contributed by atoms with Gasteiger partial charge >= 0.3 is 18.3 Å². The van der Waals surface area contributed by atoms with Crippen molar-refractivity contribution in [3.63, 3.8) is 0 Å². The number of benzene rings is 2. The Bertz CT molecular complexity index is 1380. The molecule has 2 unspecified atom stereocenters. The maximum atomic E-state index is 14.1. The molecule has 1 aliphatic carbocycles. The Morgan fingerprint density at radius 3 is 2.36 bits per heavy atom. The van der Waals surface area contributed by atoms with Gasteiger partial charge in [-0.3, -0.25) is 4.79 Å². The number of aliphatic carboxylic acids is 1. The Balaban J connectivity index is 2.04. The van der Waals surface area contributed by atoms with Crippen LogP contribution >= 0.6 is 23.2 Å². The third-order valence-corrected chi connectivity index (χ3v) is 7.68. The van der Waals surface area contributed by atoms with Gasteiger partial charge in [0.25, 0.3) is 0 Å². The average molecular weight is 592 g/mol. The quantitative estimate of drug-likeness (QED) is 0.278. The standard InChI is InChI=1S/C28H25Cl2F6NO2/c1-2-4-24(20-12-16(27(31,32)33)7-10-22(20)28(34,35)36)37-14-21(18-9-8-17(29)13-23(18)30)19-6-3-5-15(26(19)37)11-25(38)39/h7-10,12-15,24H,2-6,11H2,1H3,(H,38,39). The molecule has 3 nitrogen and oxygen atoms in total. The Morgan fingerprint density at radius 2 is 1.77 bits per heavy atom. The average Bonchev–Trinajstić information content (AvgIpc) is 3.21. The molecule has 3 aromatic rings. The van der Waals surface area contributed by atoms with Crippen LogP contribution in [-0.4, -0.2) is 15.6 Å². The highest BCUT2D eigenvalue weighted by molar-refractivity contribution is 6.36. The molecule has 210 valence electrons. The molecule has 39 heavy (non-hydrogen) atoms. The maximum absolute atomic E-state index is 14.1. The molecule has 2 atom stereocenters. The summed E-state index contributed by atoms with van der Waals surface area (Å²) in [5.41, 5.74) is -0.438. The van der Waals surface area contributed by atoms with E-state index in [2.05, 4.69) is 0 Å². The lowest BCUT2D eigenvalue weighted by Gasteiger charge is -2.30. The van der Waals surface area contributed by atoms with E-state index in [4.69, 9.17) is 23.2 Å². The smallest absolute Gasteiger partial charge is 0.416 e. The number of alkyl halides is 6. The second-order valence-corrected chi connectivity index (χ2v) is 10.6. The van der Waals surface area contributed by atoms with Gasteiger partial charge in [0.1, 0.15) is 0 Å². The number of nitrogens with zero attached hydrogens (tertiary/aromatic N) is 1. The Morgan fingerprint density at radius 1 is 1.05 bits per heavy atom. The van der Waals surface area contributed by atoms with Crippen molar-refractivity contribution in [2.24, 2.45) is 0 Å². The Labute approximate surface area is 231 Å². The van der Waals surface area contributed by atoms with Crippen molar-refractivity contribution in [3.05, 3.63) is 80.6 Å². The molecule has 1 N–H and O–H groups in total. The largest absolute Gasteiger partial charge is 0.481 e. The van der Waals surface area contributed by atoms with Gasteiger partial charge in [-0.05, 0) is 67.1 Å². The fourth-order valence-corrected chi connectivity index (χ4v) is 6.07. The summed E-state index contributed by atoms with van der Waals surface area (Å²) in [6.07, 6.45) is -6.31. The monoisotopic (exact) mass is 591 g/mol. The molecule has 0 radical (unpaired) electrons. The number of hydrogen-bond acceptors (Lipinski definition) is 1. The Kier molecular flexibility index (Phi) is 8.34. The van der Waals surface area contributed by atoms with Crippen LogP contribution in [0.4, 0.5) is 26.3 Å². The van der Waals surface area contributed by atoms with Crippen LogP contribution in [0, 0.1) is 0 Å². The molecular formula is C28H25Cl2F6NO2. The molecule has 2 aromatic carbocycles. The number of fused-ring (bicyclic) bond motifs is 1. The molecule has 1 aliphatic rings. The van der Waals surface area contributed by atoms with Gasteiger partial charge in [0, 0.05) is 39.0 Å². The van der Waals surface area contributed by atoms with Gasteiger partial charge in [-0.2, -0.15) is 26.3 Å². The van der Waals surface area contributed by atoms with Crippen molar-refractivity contribution < 1.29 is 36.2 Å². The van der Waals surface area contributed by atoms with Gasteiger partial charge in [0.05, 0.1) is 23.6 Å². The van der Waals surface area contributed by atoms with Gasteiger partial charge in [-0.1, -0.05) is 42.6 Å². The van der Waals surface area contributed by atoms with Crippen molar-refractivity contribution in [2.75, 3.05) is 0 Å². The van der Waals surface area contributed by atoms with Crippen LogP contribution in [0.1, 0.15) is 78.9 Å². The summed E-state index contributed by atoms with van der Waals surface area (Å²) in [5, 5.41) is 10.3. The number of aromatic nitrogens is 1. The molecule has 11 heteroatoms. The first-order valence-electron chi connectivity index (χ1n) is 12.4. The second kappa shape index (κ2) is 11.1. The molecule has 0 bridgehead atoms. The SMILES string of the molecule is CCCC(c1cc(C(F)(F)F)ccc1C(F)(F)F)n1cc(-c2ccc(Cl)cc2Cl)c2c1C(CC(=O)O)CCC2. The van der Waals surface area contributed by atoms with E-state index in [-0.39, 0.29) is 12.8 Å². The van der Waals surface area contributed by atoms with E-state index >= 15 is 0 Å².